The molecule has 0 bridgehead atoms. The number of nitrogens with zero attached hydrogens (tertiary/aromatic N) is 2. The minimum absolute atomic E-state index is 0.131. The van der Waals surface area contributed by atoms with Crippen LogP contribution in [0, 0.1) is 0 Å². The van der Waals surface area contributed by atoms with E-state index in [9.17, 15) is 9.90 Å². The Hall–Kier alpha value is -2.57. The Bertz CT molecular complexity index is 888. The molecule has 0 saturated carbocycles. The van der Waals surface area contributed by atoms with E-state index in [4.69, 9.17) is 0 Å². The molecule has 6 heteroatoms. The lowest BCUT2D eigenvalue weighted by Crippen LogP contribution is -2.22. The smallest absolute Gasteiger partial charge is 0.251 e. The normalized spacial score (nSPS) is 12.0. The van der Waals surface area contributed by atoms with Gasteiger partial charge in [0.05, 0.1) is 34.7 Å². The molecule has 0 fully saturated rings. The molecule has 1 atom stereocenters. The molecule has 0 unspecified atom stereocenters. The molecule has 1 amide bonds. The van der Waals surface area contributed by atoms with E-state index in [1.54, 1.807) is 36.5 Å². The van der Waals surface area contributed by atoms with Crippen LogP contribution in [0.3, 0.4) is 0 Å². The molecule has 0 radical (unpaired) electrons. The van der Waals surface area contributed by atoms with E-state index >= 15 is 0 Å². The standard InChI is InChI=1S/C20H21N3O2S/c1-3-19-22-16(12-26-19)11-21-20(25)15-9-7-14(8-10-15)18-6-4-5-17(23-18)13(2)24/h4-10,12-13,24H,3,11H2,1-2H3,(H,21,25)/t13-/m1/s1. The summed E-state index contributed by atoms with van der Waals surface area (Å²) < 4.78 is 0. The van der Waals surface area contributed by atoms with Crippen LogP contribution >= 0.6 is 11.3 Å². The number of hydrogen-bond acceptors (Lipinski definition) is 5. The van der Waals surface area contributed by atoms with E-state index < -0.39 is 6.10 Å². The fourth-order valence-corrected chi connectivity index (χ4v) is 3.25. The van der Waals surface area contributed by atoms with Gasteiger partial charge in [0, 0.05) is 16.5 Å². The number of aliphatic hydroxyl groups excluding tert-OH is 1. The van der Waals surface area contributed by atoms with Crippen LogP contribution in [0.2, 0.25) is 0 Å². The lowest BCUT2D eigenvalue weighted by atomic mass is 10.1. The quantitative estimate of drug-likeness (QED) is 0.696. The molecule has 2 heterocycles. The van der Waals surface area contributed by atoms with E-state index in [1.165, 1.54) is 0 Å². The maximum atomic E-state index is 12.3. The van der Waals surface area contributed by atoms with Gasteiger partial charge in [0.25, 0.3) is 5.91 Å². The molecule has 0 spiro atoms. The van der Waals surface area contributed by atoms with E-state index in [0.29, 0.717) is 17.8 Å². The van der Waals surface area contributed by atoms with Crippen LogP contribution in [-0.2, 0) is 13.0 Å². The zero-order valence-corrected chi connectivity index (χ0v) is 15.6. The van der Waals surface area contributed by atoms with Crippen molar-refractivity contribution >= 4 is 17.2 Å². The van der Waals surface area contributed by atoms with Crippen LogP contribution in [0.15, 0.2) is 47.8 Å². The highest BCUT2D eigenvalue weighted by molar-refractivity contribution is 7.09. The number of rotatable bonds is 6. The second-order valence-electron chi connectivity index (χ2n) is 5.97. The van der Waals surface area contributed by atoms with Crippen molar-refractivity contribution in [3.8, 4) is 11.3 Å². The molecule has 0 aliphatic heterocycles. The van der Waals surface area contributed by atoms with Gasteiger partial charge in [0.1, 0.15) is 0 Å². The van der Waals surface area contributed by atoms with Crippen molar-refractivity contribution in [2.45, 2.75) is 32.9 Å². The van der Waals surface area contributed by atoms with Gasteiger partial charge in [-0.3, -0.25) is 9.78 Å². The average molecular weight is 367 g/mol. The minimum Gasteiger partial charge on any atom is -0.387 e. The number of thiazole rings is 1. The van der Waals surface area contributed by atoms with Gasteiger partial charge >= 0.3 is 0 Å². The number of carbonyl (C=O) groups excluding carboxylic acids is 1. The van der Waals surface area contributed by atoms with Crippen molar-refractivity contribution < 1.29 is 9.90 Å². The zero-order valence-electron chi connectivity index (χ0n) is 14.8. The molecular formula is C20H21N3O2S. The van der Waals surface area contributed by atoms with Gasteiger partial charge in [-0.25, -0.2) is 4.98 Å². The number of aryl methyl sites for hydroxylation is 1. The first kappa shape index (κ1) is 18.2. The van der Waals surface area contributed by atoms with E-state index in [2.05, 4.69) is 22.2 Å². The molecule has 3 rings (SSSR count). The van der Waals surface area contributed by atoms with Crippen LogP contribution in [0.25, 0.3) is 11.3 Å². The highest BCUT2D eigenvalue weighted by Crippen LogP contribution is 2.20. The number of aromatic nitrogens is 2. The predicted molar refractivity (Wildman–Crippen MR) is 103 cm³/mol. The first-order valence-electron chi connectivity index (χ1n) is 8.53. The third kappa shape index (κ3) is 4.33. The Balaban J connectivity index is 1.66. The van der Waals surface area contributed by atoms with Crippen molar-refractivity contribution in [1.29, 1.82) is 0 Å². The second-order valence-corrected chi connectivity index (χ2v) is 6.91. The summed E-state index contributed by atoms with van der Waals surface area (Å²) in [6.07, 6.45) is 0.295. The van der Waals surface area contributed by atoms with Crippen molar-refractivity contribution in [2.75, 3.05) is 0 Å². The lowest BCUT2D eigenvalue weighted by molar-refractivity contribution is 0.0950. The number of pyridine rings is 1. The molecule has 1 aromatic carbocycles. The maximum absolute atomic E-state index is 12.3. The Morgan fingerprint density at radius 3 is 2.62 bits per heavy atom. The van der Waals surface area contributed by atoms with E-state index in [0.717, 1.165) is 28.4 Å². The molecule has 3 aromatic rings. The minimum atomic E-state index is -0.612. The maximum Gasteiger partial charge on any atom is 0.251 e. The van der Waals surface area contributed by atoms with E-state index in [1.807, 2.05) is 29.6 Å². The summed E-state index contributed by atoms with van der Waals surface area (Å²) in [7, 11) is 0. The number of benzene rings is 1. The lowest BCUT2D eigenvalue weighted by Gasteiger charge is -2.08. The van der Waals surface area contributed by atoms with Crippen LogP contribution in [0.4, 0.5) is 0 Å². The molecule has 134 valence electrons. The highest BCUT2D eigenvalue weighted by atomic mass is 32.1. The predicted octanol–water partition coefficient (Wildman–Crippen LogP) is 3.75. The Morgan fingerprint density at radius 2 is 1.96 bits per heavy atom. The van der Waals surface area contributed by atoms with Gasteiger partial charge in [-0.05, 0) is 37.6 Å². The SMILES string of the molecule is CCc1nc(CNC(=O)c2ccc(-c3cccc([C@@H](C)O)n3)cc2)cs1. The molecule has 0 aliphatic carbocycles. The molecular weight excluding hydrogens is 346 g/mol. The van der Waals surface area contributed by atoms with Crippen LogP contribution in [0.5, 0.6) is 0 Å². The third-order valence-electron chi connectivity index (χ3n) is 3.97. The highest BCUT2D eigenvalue weighted by Gasteiger charge is 2.09. The summed E-state index contributed by atoms with van der Waals surface area (Å²) in [6, 6.07) is 12.8. The summed E-state index contributed by atoms with van der Waals surface area (Å²) in [5.74, 6) is -0.131. The van der Waals surface area contributed by atoms with Crippen molar-refractivity contribution in [3.63, 3.8) is 0 Å². The number of nitrogens with one attached hydrogen (secondary N) is 1. The third-order valence-corrected chi connectivity index (χ3v) is 5.02. The van der Waals surface area contributed by atoms with Gasteiger partial charge < -0.3 is 10.4 Å². The zero-order chi connectivity index (χ0) is 18.5. The Labute approximate surface area is 156 Å². The van der Waals surface area contributed by atoms with Crippen LogP contribution < -0.4 is 5.32 Å². The molecule has 2 N–H and O–H groups in total. The first-order valence-corrected chi connectivity index (χ1v) is 9.41. The summed E-state index contributed by atoms with van der Waals surface area (Å²) in [5, 5.41) is 15.6. The molecule has 0 saturated heterocycles. The van der Waals surface area contributed by atoms with Gasteiger partial charge in [-0.1, -0.05) is 25.1 Å². The van der Waals surface area contributed by atoms with Gasteiger partial charge in [0.2, 0.25) is 0 Å². The van der Waals surface area contributed by atoms with Gasteiger partial charge in [0.15, 0.2) is 0 Å². The summed E-state index contributed by atoms with van der Waals surface area (Å²) in [5.41, 5.74) is 3.77. The van der Waals surface area contributed by atoms with Gasteiger partial charge in [-0.15, -0.1) is 11.3 Å². The largest absolute Gasteiger partial charge is 0.387 e. The average Bonchev–Trinajstić information content (AvgIpc) is 3.14. The fourth-order valence-electron chi connectivity index (χ4n) is 2.50. The first-order chi connectivity index (χ1) is 12.6. The fraction of sp³-hybridized carbons (Fsp3) is 0.250. The molecule has 5 nitrogen and oxygen atoms in total. The Morgan fingerprint density at radius 1 is 1.19 bits per heavy atom. The van der Waals surface area contributed by atoms with Crippen molar-refractivity contribution in [1.82, 2.24) is 15.3 Å². The van der Waals surface area contributed by atoms with Crippen LogP contribution in [-0.4, -0.2) is 21.0 Å². The topological polar surface area (TPSA) is 75.1 Å². The molecule has 26 heavy (non-hydrogen) atoms. The van der Waals surface area contributed by atoms with E-state index in [-0.39, 0.29) is 5.91 Å². The van der Waals surface area contributed by atoms with Crippen molar-refractivity contribution in [2.24, 2.45) is 0 Å². The molecule has 0 aliphatic rings. The number of amides is 1. The number of carbonyl (C=O) groups is 1. The summed E-state index contributed by atoms with van der Waals surface area (Å²) in [4.78, 5) is 21.2. The monoisotopic (exact) mass is 367 g/mol. The van der Waals surface area contributed by atoms with Gasteiger partial charge in [-0.2, -0.15) is 0 Å². The number of hydrogen-bond donors (Lipinski definition) is 2. The Kier molecular flexibility index (Phi) is 5.75. The van der Waals surface area contributed by atoms with Crippen LogP contribution in [0.1, 0.15) is 46.7 Å². The summed E-state index contributed by atoms with van der Waals surface area (Å²) in [6.45, 7) is 4.18. The molecule has 2 aromatic heterocycles. The number of aliphatic hydroxyl groups is 1. The summed E-state index contributed by atoms with van der Waals surface area (Å²) >= 11 is 1.61. The second kappa shape index (κ2) is 8.21. The van der Waals surface area contributed by atoms with Crippen molar-refractivity contribution in [3.05, 3.63) is 69.8 Å².